The molecular formula is C14H17N3O4. The molecule has 2 rings (SSSR count). The van der Waals surface area contributed by atoms with E-state index >= 15 is 0 Å². The highest BCUT2D eigenvalue weighted by molar-refractivity contribution is 5.96. The lowest BCUT2D eigenvalue weighted by Gasteiger charge is -2.30. The smallest absolute Gasteiger partial charge is 0.306 e. The fourth-order valence-corrected chi connectivity index (χ4v) is 2.32. The molecule has 0 atom stereocenters. The minimum atomic E-state index is -0.807. The average molecular weight is 291 g/mol. The number of carboxylic acid groups (broad SMARTS) is 1. The van der Waals surface area contributed by atoms with Crippen molar-refractivity contribution in [1.82, 2.24) is 9.88 Å². The van der Waals surface area contributed by atoms with E-state index in [1.807, 2.05) is 0 Å². The first-order valence-corrected chi connectivity index (χ1v) is 6.73. The Morgan fingerprint density at radius 2 is 2.00 bits per heavy atom. The summed E-state index contributed by atoms with van der Waals surface area (Å²) in [5, 5.41) is 11.5. The maximum Gasteiger partial charge on any atom is 0.306 e. The Kier molecular flexibility index (Phi) is 4.52. The molecule has 0 aromatic carbocycles. The monoisotopic (exact) mass is 291 g/mol. The van der Waals surface area contributed by atoms with E-state index in [1.54, 1.807) is 11.0 Å². The van der Waals surface area contributed by atoms with Gasteiger partial charge in [-0.3, -0.25) is 14.4 Å². The molecule has 1 aliphatic rings. The van der Waals surface area contributed by atoms with Crippen molar-refractivity contribution in [2.24, 2.45) is 5.92 Å². The van der Waals surface area contributed by atoms with E-state index in [4.69, 9.17) is 5.11 Å². The van der Waals surface area contributed by atoms with Crippen molar-refractivity contribution < 1.29 is 19.5 Å². The molecular weight excluding hydrogens is 274 g/mol. The van der Waals surface area contributed by atoms with Crippen molar-refractivity contribution in [2.45, 2.75) is 19.8 Å². The number of pyridine rings is 1. The molecule has 1 aromatic rings. The second-order valence-corrected chi connectivity index (χ2v) is 5.02. The molecule has 2 amide bonds. The number of aliphatic carboxylic acids is 1. The third-order valence-corrected chi connectivity index (χ3v) is 3.44. The van der Waals surface area contributed by atoms with Gasteiger partial charge in [-0.25, -0.2) is 4.98 Å². The van der Waals surface area contributed by atoms with Crippen molar-refractivity contribution in [3.8, 4) is 0 Å². The third kappa shape index (κ3) is 3.77. The Morgan fingerprint density at radius 1 is 1.33 bits per heavy atom. The maximum absolute atomic E-state index is 12.4. The minimum absolute atomic E-state index is 0.173. The molecule has 1 saturated heterocycles. The van der Waals surface area contributed by atoms with Gasteiger partial charge < -0.3 is 15.3 Å². The fraction of sp³-hybridized carbons (Fsp3) is 0.429. The molecule has 0 bridgehead atoms. The molecule has 1 fully saturated rings. The van der Waals surface area contributed by atoms with E-state index in [1.165, 1.54) is 19.2 Å². The summed E-state index contributed by atoms with van der Waals surface area (Å²) in [4.78, 5) is 39.8. The number of hydrogen-bond acceptors (Lipinski definition) is 4. The number of amides is 2. The van der Waals surface area contributed by atoms with Crippen LogP contribution in [0.2, 0.25) is 0 Å². The van der Waals surface area contributed by atoms with Gasteiger partial charge in [0.05, 0.1) is 5.92 Å². The predicted molar refractivity (Wildman–Crippen MR) is 74.8 cm³/mol. The maximum atomic E-state index is 12.4. The van der Waals surface area contributed by atoms with Crippen molar-refractivity contribution in [3.05, 3.63) is 23.9 Å². The standard InChI is InChI=1S/C14H17N3O4/c1-9(18)16-12-8-11(2-5-15-12)13(19)17-6-3-10(4-7-17)14(20)21/h2,5,8,10H,3-4,6-7H2,1H3,(H,20,21)(H,15,16,18). The van der Waals surface area contributed by atoms with Crippen molar-refractivity contribution >= 4 is 23.6 Å². The lowest BCUT2D eigenvalue weighted by Crippen LogP contribution is -2.40. The van der Waals surface area contributed by atoms with E-state index in [0.717, 1.165) is 0 Å². The van der Waals surface area contributed by atoms with Crippen LogP contribution in [0.4, 0.5) is 5.82 Å². The number of hydrogen-bond donors (Lipinski definition) is 2. The highest BCUT2D eigenvalue weighted by Crippen LogP contribution is 2.19. The summed E-state index contributed by atoms with van der Waals surface area (Å²) in [6.07, 6.45) is 2.39. The first kappa shape index (κ1) is 15.0. The zero-order valence-electron chi connectivity index (χ0n) is 11.7. The number of nitrogens with zero attached hydrogens (tertiary/aromatic N) is 2. The van der Waals surface area contributed by atoms with Gasteiger partial charge >= 0.3 is 5.97 Å². The second kappa shape index (κ2) is 6.34. The van der Waals surface area contributed by atoms with Gasteiger partial charge in [0.2, 0.25) is 5.91 Å². The van der Waals surface area contributed by atoms with E-state index in [9.17, 15) is 14.4 Å². The lowest BCUT2D eigenvalue weighted by atomic mass is 9.96. The van der Waals surface area contributed by atoms with Gasteiger partial charge in [-0.2, -0.15) is 0 Å². The zero-order valence-corrected chi connectivity index (χ0v) is 11.7. The Morgan fingerprint density at radius 3 is 2.57 bits per heavy atom. The summed E-state index contributed by atoms with van der Waals surface area (Å²) >= 11 is 0. The number of piperidine rings is 1. The number of likely N-dealkylation sites (tertiary alicyclic amines) is 1. The highest BCUT2D eigenvalue weighted by atomic mass is 16.4. The van der Waals surface area contributed by atoms with Crippen molar-refractivity contribution in [2.75, 3.05) is 18.4 Å². The van der Waals surface area contributed by atoms with Gasteiger partial charge in [-0.15, -0.1) is 0 Å². The molecule has 2 heterocycles. The summed E-state index contributed by atoms with van der Waals surface area (Å²) in [5.74, 6) is -1.28. The zero-order chi connectivity index (χ0) is 15.4. The molecule has 112 valence electrons. The Labute approximate surface area is 122 Å². The molecule has 0 unspecified atom stereocenters. The van der Waals surface area contributed by atoms with Gasteiger partial charge in [0.15, 0.2) is 0 Å². The summed E-state index contributed by atoms with van der Waals surface area (Å²) < 4.78 is 0. The topological polar surface area (TPSA) is 99.6 Å². The molecule has 7 nitrogen and oxygen atoms in total. The van der Waals surface area contributed by atoms with Crippen LogP contribution in [0.25, 0.3) is 0 Å². The van der Waals surface area contributed by atoms with E-state index in [2.05, 4.69) is 10.3 Å². The van der Waals surface area contributed by atoms with Gasteiger partial charge in [0.1, 0.15) is 5.82 Å². The Hall–Kier alpha value is -2.44. The van der Waals surface area contributed by atoms with Gasteiger partial charge in [0.25, 0.3) is 5.91 Å². The number of carboxylic acids is 1. The highest BCUT2D eigenvalue weighted by Gasteiger charge is 2.27. The largest absolute Gasteiger partial charge is 0.481 e. The van der Waals surface area contributed by atoms with Crippen LogP contribution in [0.15, 0.2) is 18.3 Å². The third-order valence-electron chi connectivity index (χ3n) is 3.44. The molecule has 0 radical (unpaired) electrons. The number of aromatic nitrogens is 1. The minimum Gasteiger partial charge on any atom is -0.481 e. The number of carbonyl (C=O) groups excluding carboxylic acids is 2. The summed E-state index contributed by atoms with van der Waals surface area (Å²) in [6, 6.07) is 3.10. The normalized spacial score (nSPS) is 15.6. The Bertz CT molecular complexity index is 565. The Balaban J connectivity index is 2.04. The van der Waals surface area contributed by atoms with Crippen LogP contribution in [-0.2, 0) is 9.59 Å². The number of carbonyl (C=O) groups is 3. The molecule has 0 aliphatic carbocycles. The average Bonchev–Trinajstić information content (AvgIpc) is 2.46. The fourth-order valence-electron chi connectivity index (χ4n) is 2.32. The van der Waals surface area contributed by atoms with Crippen LogP contribution in [0.5, 0.6) is 0 Å². The van der Waals surface area contributed by atoms with Crippen LogP contribution >= 0.6 is 0 Å². The van der Waals surface area contributed by atoms with Crippen LogP contribution in [-0.4, -0.2) is 45.9 Å². The van der Waals surface area contributed by atoms with Gasteiger partial charge in [0, 0.05) is 31.8 Å². The van der Waals surface area contributed by atoms with E-state index < -0.39 is 5.97 Å². The van der Waals surface area contributed by atoms with Crippen molar-refractivity contribution in [1.29, 1.82) is 0 Å². The van der Waals surface area contributed by atoms with E-state index in [0.29, 0.717) is 37.3 Å². The van der Waals surface area contributed by atoms with E-state index in [-0.39, 0.29) is 17.7 Å². The molecule has 1 aliphatic heterocycles. The SMILES string of the molecule is CC(=O)Nc1cc(C(=O)N2CCC(C(=O)O)CC2)ccn1. The summed E-state index contributed by atoms with van der Waals surface area (Å²) in [7, 11) is 0. The molecule has 0 spiro atoms. The van der Waals surface area contributed by atoms with Gasteiger partial charge in [-0.1, -0.05) is 0 Å². The summed E-state index contributed by atoms with van der Waals surface area (Å²) in [6.45, 7) is 2.22. The molecule has 1 aromatic heterocycles. The quantitative estimate of drug-likeness (QED) is 0.864. The second-order valence-electron chi connectivity index (χ2n) is 5.02. The molecule has 0 saturated carbocycles. The van der Waals surface area contributed by atoms with Crippen molar-refractivity contribution in [3.63, 3.8) is 0 Å². The lowest BCUT2D eigenvalue weighted by molar-refractivity contribution is -0.143. The van der Waals surface area contributed by atoms with Crippen LogP contribution < -0.4 is 5.32 Å². The molecule has 21 heavy (non-hydrogen) atoms. The number of anilines is 1. The molecule has 2 N–H and O–H groups in total. The summed E-state index contributed by atoms with van der Waals surface area (Å²) in [5.41, 5.74) is 0.433. The number of rotatable bonds is 3. The van der Waals surface area contributed by atoms with Crippen LogP contribution in [0.3, 0.4) is 0 Å². The first-order valence-electron chi connectivity index (χ1n) is 6.73. The molecule has 7 heteroatoms. The van der Waals surface area contributed by atoms with Crippen LogP contribution in [0.1, 0.15) is 30.1 Å². The van der Waals surface area contributed by atoms with Crippen LogP contribution in [0, 0.1) is 5.92 Å². The first-order chi connectivity index (χ1) is 9.97. The number of nitrogens with one attached hydrogen (secondary N) is 1. The van der Waals surface area contributed by atoms with Gasteiger partial charge in [-0.05, 0) is 25.0 Å². The predicted octanol–water partition coefficient (Wildman–Crippen LogP) is 0.977.